The topological polar surface area (TPSA) is 55.3 Å². The molecule has 0 aromatic heterocycles. The van der Waals surface area contributed by atoms with Gasteiger partial charge in [0, 0.05) is 17.9 Å². The molecule has 0 saturated carbocycles. The van der Waals surface area contributed by atoms with Crippen molar-refractivity contribution in [3.8, 4) is 0 Å². The standard InChI is InChI=1S/C16H26N2.C10H15N/c1-3-14-10-13(11-15(4-2)16(14)17)12-18-8-6-5-7-9-18;1-3-8-6-5-7-9(4-2)10(8)11/h10-11H,3-9,12,17H2,1-2H3;5-7H,3-4,11H2,1-2H3. The summed E-state index contributed by atoms with van der Waals surface area (Å²) in [6.07, 6.45) is 8.24. The monoisotopic (exact) mass is 395 g/mol. The molecule has 1 aliphatic heterocycles. The van der Waals surface area contributed by atoms with Gasteiger partial charge in [0.15, 0.2) is 0 Å². The number of piperidine rings is 1. The second kappa shape index (κ2) is 11.9. The van der Waals surface area contributed by atoms with Gasteiger partial charge in [0.1, 0.15) is 0 Å². The fourth-order valence-electron chi connectivity index (χ4n) is 4.19. The average molecular weight is 396 g/mol. The van der Waals surface area contributed by atoms with E-state index in [9.17, 15) is 0 Å². The molecule has 1 aliphatic rings. The van der Waals surface area contributed by atoms with Crippen molar-refractivity contribution in [2.45, 2.75) is 79.2 Å². The van der Waals surface area contributed by atoms with E-state index in [2.05, 4.69) is 62.9 Å². The Bertz CT molecular complexity index is 713. The summed E-state index contributed by atoms with van der Waals surface area (Å²) in [5.74, 6) is 0. The Kier molecular flexibility index (Phi) is 9.53. The Labute approximate surface area is 178 Å². The Morgan fingerprint density at radius 1 is 0.690 bits per heavy atom. The van der Waals surface area contributed by atoms with Crippen molar-refractivity contribution in [3.63, 3.8) is 0 Å². The molecule has 29 heavy (non-hydrogen) atoms. The van der Waals surface area contributed by atoms with Crippen LogP contribution in [0.5, 0.6) is 0 Å². The van der Waals surface area contributed by atoms with E-state index in [1.807, 2.05) is 0 Å². The first-order chi connectivity index (χ1) is 14.0. The van der Waals surface area contributed by atoms with E-state index in [-0.39, 0.29) is 0 Å². The lowest BCUT2D eigenvalue weighted by Gasteiger charge is -2.27. The molecule has 0 bridgehead atoms. The van der Waals surface area contributed by atoms with E-state index in [1.54, 1.807) is 0 Å². The number of nitrogen functional groups attached to an aromatic ring is 2. The molecule has 1 fully saturated rings. The van der Waals surface area contributed by atoms with Crippen LogP contribution >= 0.6 is 0 Å². The normalized spacial score (nSPS) is 14.3. The number of likely N-dealkylation sites (tertiary alicyclic amines) is 1. The summed E-state index contributed by atoms with van der Waals surface area (Å²) in [4.78, 5) is 2.58. The highest BCUT2D eigenvalue weighted by atomic mass is 15.1. The lowest BCUT2D eigenvalue weighted by atomic mass is 9.99. The summed E-state index contributed by atoms with van der Waals surface area (Å²) in [6, 6.07) is 10.9. The lowest BCUT2D eigenvalue weighted by molar-refractivity contribution is 0.221. The molecular formula is C26H41N3. The molecule has 0 atom stereocenters. The van der Waals surface area contributed by atoms with E-state index in [4.69, 9.17) is 11.5 Å². The highest BCUT2D eigenvalue weighted by Crippen LogP contribution is 2.23. The quantitative estimate of drug-likeness (QED) is 0.610. The van der Waals surface area contributed by atoms with Crippen molar-refractivity contribution < 1.29 is 0 Å². The van der Waals surface area contributed by atoms with Gasteiger partial charge >= 0.3 is 0 Å². The van der Waals surface area contributed by atoms with Crippen LogP contribution in [-0.4, -0.2) is 18.0 Å². The second-order valence-corrected chi connectivity index (χ2v) is 8.07. The van der Waals surface area contributed by atoms with Crippen LogP contribution < -0.4 is 11.5 Å². The van der Waals surface area contributed by atoms with Gasteiger partial charge in [0.05, 0.1) is 0 Å². The molecule has 3 heteroatoms. The maximum absolute atomic E-state index is 6.19. The Hall–Kier alpha value is -2.00. The summed E-state index contributed by atoms with van der Waals surface area (Å²) in [5.41, 5.74) is 20.7. The molecule has 1 heterocycles. The first-order valence-electron chi connectivity index (χ1n) is 11.5. The highest BCUT2D eigenvalue weighted by Gasteiger charge is 2.12. The fourth-order valence-corrected chi connectivity index (χ4v) is 4.19. The fraction of sp³-hybridized carbons (Fsp3) is 0.538. The lowest BCUT2D eigenvalue weighted by Crippen LogP contribution is -2.29. The van der Waals surface area contributed by atoms with Gasteiger partial charge < -0.3 is 11.5 Å². The Morgan fingerprint density at radius 3 is 1.59 bits per heavy atom. The van der Waals surface area contributed by atoms with Crippen molar-refractivity contribution in [1.82, 2.24) is 4.90 Å². The van der Waals surface area contributed by atoms with Gasteiger partial charge in [-0.05, 0) is 79.4 Å². The molecule has 0 radical (unpaired) electrons. The van der Waals surface area contributed by atoms with Crippen LogP contribution in [0.4, 0.5) is 11.4 Å². The zero-order valence-electron chi connectivity index (χ0n) is 19.1. The zero-order chi connectivity index (χ0) is 21.2. The Balaban J connectivity index is 0.000000234. The summed E-state index contributed by atoms with van der Waals surface area (Å²) < 4.78 is 0. The third-order valence-corrected chi connectivity index (χ3v) is 6.08. The van der Waals surface area contributed by atoms with Crippen LogP contribution in [0.3, 0.4) is 0 Å². The SMILES string of the molecule is CCc1cc(CN2CCCCC2)cc(CC)c1N.CCc1cccc(CC)c1N. The molecule has 4 N–H and O–H groups in total. The number of para-hydroxylation sites is 1. The smallest absolute Gasteiger partial charge is 0.0379 e. The Morgan fingerprint density at radius 2 is 1.14 bits per heavy atom. The minimum absolute atomic E-state index is 0.984. The molecule has 3 rings (SSSR count). The molecule has 1 saturated heterocycles. The summed E-state index contributed by atoms with van der Waals surface area (Å²) in [5, 5.41) is 0. The molecule has 2 aromatic rings. The molecular weight excluding hydrogens is 354 g/mol. The number of benzene rings is 2. The van der Waals surface area contributed by atoms with E-state index < -0.39 is 0 Å². The largest absolute Gasteiger partial charge is 0.398 e. The number of nitrogens with zero attached hydrogens (tertiary/aromatic N) is 1. The van der Waals surface area contributed by atoms with Gasteiger partial charge in [-0.15, -0.1) is 0 Å². The number of nitrogens with two attached hydrogens (primary N) is 2. The summed E-state index contributed by atoms with van der Waals surface area (Å²) >= 11 is 0. The minimum Gasteiger partial charge on any atom is -0.398 e. The second-order valence-electron chi connectivity index (χ2n) is 8.07. The van der Waals surface area contributed by atoms with Gasteiger partial charge in [-0.25, -0.2) is 0 Å². The van der Waals surface area contributed by atoms with E-state index in [0.29, 0.717) is 0 Å². The van der Waals surface area contributed by atoms with Crippen LogP contribution in [-0.2, 0) is 32.2 Å². The average Bonchev–Trinajstić information content (AvgIpc) is 2.76. The van der Waals surface area contributed by atoms with E-state index in [0.717, 1.165) is 43.6 Å². The van der Waals surface area contributed by atoms with Gasteiger partial charge in [0.2, 0.25) is 0 Å². The maximum atomic E-state index is 6.19. The van der Waals surface area contributed by atoms with E-state index in [1.165, 1.54) is 60.2 Å². The third kappa shape index (κ3) is 6.50. The molecule has 3 nitrogen and oxygen atoms in total. The van der Waals surface area contributed by atoms with Gasteiger partial charge in [0.25, 0.3) is 0 Å². The van der Waals surface area contributed by atoms with Gasteiger partial charge in [-0.1, -0.05) is 64.4 Å². The highest BCUT2D eigenvalue weighted by molar-refractivity contribution is 5.56. The van der Waals surface area contributed by atoms with Crippen molar-refractivity contribution >= 4 is 11.4 Å². The number of rotatable bonds is 6. The number of anilines is 2. The predicted octanol–water partition coefficient (Wildman–Crippen LogP) is 5.77. The number of hydrogen-bond acceptors (Lipinski definition) is 3. The number of aryl methyl sites for hydroxylation is 4. The first kappa shape index (κ1) is 23.3. The predicted molar refractivity (Wildman–Crippen MR) is 128 cm³/mol. The molecule has 0 spiro atoms. The van der Waals surface area contributed by atoms with Crippen LogP contribution in [0.2, 0.25) is 0 Å². The van der Waals surface area contributed by atoms with Crippen molar-refractivity contribution in [2.24, 2.45) is 0 Å². The molecule has 0 amide bonds. The van der Waals surface area contributed by atoms with Gasteiger partial charge in [-0.2, -0.15) is 0 Å². The minimum atomic E-state index is 0.984. The molecule has 0 aliphatic carbocycles. The molecule has 160 valence electrons. The van der Waals surface area contributed by atoms with Crippen LogP contribution in [0, 0.1) is 0 Å². The summed E-state index contributed by atoms with van der Waals surface area (Å²) in [6.45, 7) is 12.3. The van der Waals surface area contributed by atoms with E-state index >= 15 is 0 Å². The van der Waals surface area contributed by atoms with Crippen molar-refractivity contribution in [1.29, 1.82) is 0 Å². The van der Waals surface area contributed by atoms with Crippen LogP contribution in [0.25, 0.3) is 0 Å². The van der Waals surface area contributed by atoms with Gasteiger partial charge in [-0.3, -0.25) is 4.90 Å². The number of hydrogen-bond donors (Lipinski definition) is 2. The van der Waals surface area contributed by atoms with Crippen LogP contribution in [0.15, 0.2) is 30.3 Å². The third-order valence-electron chi connectivity index (χ3n) is 6.08. The zero-order valence-corrected chi connectivity index (χ0v) is 19.1. The first-order valence-corrected chi connectivity index (χ1v) is 11.5. The van der Waals surface area contributed by atoms with Crippen LogP contribution in [0.1, 0.15) is 74.8 Å². The molecule has 2 aromatic carbocycles. The van der Waals surface area contributed by atoms with Crippen molar-refractivity contribution in [2.75, 3.05) is 24.6 Å². The summed E-state index contributed by atoms with van der Waals surface area (Å²) in [7, 11) is 0. The van der Waals surface area contributed by atoms with Crippen molar-refractivity contribution in [3.05, 3.63) is 58.1 Å². The molecule has 0 unspecified atom stereocenters. The maximum Gasteiger partial charge on any atom is 0.0379 e.